The first-order valence-corrected chi connectivity index (χ1v) is 9.69. The van der Waals surface area contributed by atoms with E-state index in [0.29, 0.717) is 5.69 Å². The summed E-state index contributed by atoms with van der Waals surface area (Å²) < 4.78 is 65.2. The molecule has 1 aromatic carbocycles. The predicted octanol–water partition coefficient (Wildman–Crippen LogP) is 3.34. The van der Waals surface area contributed by atoms with E-state index in [-0.39, 0.29) is 29.0 Å². The summed E-state index contributed by atoms with van der Waals surface area (Å²) in [5, 5.41) is 0. The molecule has 5 nitrogen and oxygen atoms in total. The maximum Gasteiger partial charge on any atom is 0.416 e. The zero-order chi connectivity index (χ0) is 19.1. The molecule has 1 heterocycles. The van der Waals surface area contributed by atoms with Crippen molar-refractivity contribution in [1.82, 2.24) is 4.98 Å². The fourth-order valence-electron chi connectivity index (χ4n) is 2.64. The van der Waals surface area contributed by atoms with Crippen molar-refractivity contribution in [2.75, 3.05) is 10.5 Å². The Kier molecular flexibility index (Phi) is 4.70. The van der Waals surface area contributed by atoms with Gasteiger partial charge in [-0.15, -0.1) is 0 Å². The summed E-state index contributed by atoms with van der Waals surface area (Å²) in [4.78, 5) is 4.23. The molecule has 0 radical (unpaired) electrons. The maximum absolute atomic E-state index is 13.2. The predicted molar refractivity (Wildman–Crippen MR) is 93.1 cm³/mol. The number of hydrogen-bond acceptors (Lipinski definition) is 4. The number of alkyl halides is 3. The number of nitrogens with two attached hydrogens (primary N) is 1. The first kappa shape index (κ1) is 18.7. The van der Waals surface area contributed by atoms with E-state index in [1.807, 2.05) is 0 Å². The van der Waals surface area contributed by atoms with Crippen LogP contribution in [0.3, 0.4) is 0 Å². The number of benzene rings is 1. The van der Waals surface area contributed by atoms with Gasteiger partial charge < -0.3 is 5.73 Å². The van der Waals surface area contributed by atoms with Gasteiger partial charge in [-0.25, -0.2) is 8.42 Å². The lowest BCUT2D eigenvalue weighted by Gasteiger charge is -2.13. The number of pyridine rings is 1. The second-order valence-electron chi connectivity index (χ2n) is 6.29. The highest BCUT2D eigenvalue weighted by molar-refractivity contribution is 7.92. The Morgan fingerprint density at radius 1 is 1.27 bits per heavy atom. The van der Waals surface area contributed by atoms with Gasteiger partial charge in [0.2, 0.25) is 10.0 Å². The number of sulfonamides is 1. The van der Waals surface area contributed by atoms with Crippen molar-refractivity contribution < 1.29 is 21.6 Å². The molecule has 1 fully saturated rings. The van der Waals surface area contributed by atoms with Crippen molar-refractivity contribution in [2.45, 2.75) is 31.5 Å². The van der Waals surface area contributed by atoms with Gasteiger partial charge in [0.1, 0.15) is 0 Å². The molecule has 1 saturated carbocycles. The molecule has 2 atom stereocenters. The monoisotopic (exact) mass is 385 g/mol. The van der Waals surface area contributed by atoms with Crippen LogP contribution in [0.4, 0.5) is 18.9 Å². The Morgan fingerprint density at radius 2 is 1.96 bits per heavy atom. The van der Waals surface area contributed by atoms with Gasteiger partial charge in [-0.1, -0.05) is 6.07 Å². The van der Waals surface area contributed by atoms with E-state index in [9.17, 15) is 21.6 Å². The Hall–Kier alpha value is -2.13. The fourth-order valence-corrected chi connectivity index (χ4v) is 3.26. The molecule has 3 rings (SSSR count). The molecule has 140 valence electrons. The van der Waals surface area contributed by atoms with Crippen LogP contribution >= 0.6 is 0 Å². The van der Waals surface area contributed by atoms with E-state index in [2.05, 4.69) is 9.71 Å². The summed E-state index contributed by atoms with van der Waals surface area (Å²) in [7, 11) is -3.70. The second-order valence-corrected chi connectivity index (χ2v) is 8.30. The van der Waals surface area contributed by atoms with Crippen LogP contribution in [0.25, 0.3) is 11.3 Å². The van der Waals surface area contributed by atoms with Gasteiger partial charge in [-0.05, 0) is 43.2 Å². The highest BCUT2D eigenvalue weighted by Gasteiger charge is 2.35. The van der Waals surface area contributed by atoms with Crippen LogP contribution in [-0.4, -0.2) is 25.2 Å². The van der Waals surface area contributed by atoms with E-state index in [1.54, 1.807) is 18.3 Å². The van der Waals surface area contributed by atoms with Crippen molar-refractivity contribution in [3.63, 3.8) is 0 Å². The van der Waals surface area contributed by atoms with Gasteiger partial charge in [0, 0.05) is 29.4 Å². The first-order chi connectivity index (χ1) is 12.1. The van der Waals surface area contributed by atoms with E-state index < -0.39 is 21.8 Å². The highest BCUT2D eigenvalue weighted by Crippen LogP contribution is 2.39. The standard InChI is InChI=1S/C17H18F3N3O2S/c1-2-26(24,25)23-13-6-11(5-12(7-13)17(18,19)20)16-4-3-10(9-22-16)14-8-15(14)21/h3-7,9,14-15,23H,2,8,21H2,1H3. The molecular weight excluding hydrogens is 367 g/mol. The third-order valence-corrected chi connectivity index (χ3v) is 5.57. The molecular formula is C17H18F3N3O2S. The zero-order valence-corrected chi connectivity index (χ0v) is 14.7. The molecule has 0 aliphatic heterocycles. The van der Waals surface area contributed by atoms with Gasteiger partial charge >= 0.3 is 6.18 Å². The van der Waals surface area contributed by atoms with E-state index in [1.165, 1.54) is 13.0 Å². The Labute approximate surface area is 149 Å². The van der Waals surface area contributed by atoms with Gasteiger partial charge in [0.25, 0.3) is 0 Å². The summed E-state index contributed by atoms with van der Waals surface area (Å²) in [5.41, 5.74) is 6.15. The average molecular weight is 385 g/mol. The third kappa shape index (κ3) is 4.16. The van der Waals surface area contributed by atoms with Crippen molar-refractivity contribution >= 4 is 15.7 Å². The first-order valence-electron chi connectivity index (χ1n) is 8.04. The zero-order valence-electron chi connectivity index (χ0n) is 13.9. The topological polar surface area (TPSA) is 85.1 Å². The quantitative estimate of drug-likeness (QED) is 0.827. The average Bonchev–Trinajstić information content (AvgIpc) is 3.30. The second kappa shape index (κ2) is 6.55. The summed E-state index contributed by atoms with van der Waals surface area (Å²) in [6, 6.07) is 6.58. The van der Waals surface area contributed by atoms with Crippen LogP contribution in [0, 0.1) is 0 Å². The smallest absolute Gasteiger partial charge is 0.327 e. The van der Waals surface area contributed by atoms with Crippen LogP contribution < -0.4 is 10.5 Å². The van der Waals surface area contributed by atoms with Gasteiger partial charge in [0.15, 0.2) is 0 Å². The molecule has 1 aliphatic carbocycles. The Bertz CT molecular complexity index is 912. The molecule has 2 aromatic rings. The lowest BCUT2D eigenvalue weighted by atomic mass is 10.0. The molecule has 3 N–H and O–H groups in total. The summed E-state index contributed by atoms with van der Waals surface area (Å²) in [5.74, 6) is -0.00216. The fraction of sp³-hybridized carbons (Fsp3) is 0.353. The van der Waals surface area contributed by atoms with Gasteiger partial charge in [-0.3, -0.25) is 9.71 Å². The minimum atomic E-state index is -4.61. The Balaban J connectivity index is 1.99. The number of rotatable bonds is 5. The van der Waals surface area contributed by atoms with E-state index in [4.69, 9.17) is 5.73 Å². The molecule has 0 amide bonds. The number of halogens is 3. The number of hydrogen-bond donors (Lipinski definition) is 2. The van der Waals surface area contributed by atoms with Crippen LogP contribution in [0.1, 0.15) is 30.4 Å². The molecule has 2 unspecified atom stereocenters. The Morgan fingerprint density at radius 3 is 2.46 bits per heavy atom. The van der Waals surface area contributed by atoms with E-state index in [0.717, 1.165) is 24.1 Å². The molecule has 0 bridgehead atoms. The molecule has 0 saturated heterocycles. The minimum absolute atomic E-state index is 0.103. The number of aromatic nitrogens is 1. The third-order valence-electron chi connectivity index (χ3n) is 4.26. The van der Waals surface area contributed by atoms with Gasteiger partial charge in [0.05, 0.1) is 17.0 Å². The molecule has 9 heteroatoms. The largest absolute Gasteiger partial charge is 0.416 e. The number of anilines is 1. The lowest BCUT2D eigenvalue weighted by molar-refractivity contribution is -0.137. The minimum Gasteiger partial charge on any atom is -0.327 e. The normalized spacial score (nSPS) is 20.0. The summed E-state index contributed by atoms with van der Waals surface area (Å²) in [6.45, 7) is 1.40. The lowest BCUT2D eigenvalue weighted by Crippen LogP contribution is -2.15. The molecule has 1 aromatic heterocycles. The summed E-state index contributed by atoms with van der Waals surface area (Å²) >= 11 is 0. The van der Waals surface area contributed by atoms with Crippen molar-refractivity contribution in [3.8, 4) is 11.3 Å². The van der Waals surface area contributed by atoms with Crippen LogP contribution in [-0.2, 0) is 16.2 Å². The van der Waals surface area contributed by atoms with Crippen LogP contribution in [0.15, 0.2) is 36.5 Å². The molecule has 0 spiro atoms. The van der Waals surface area contributed by atoms with Crippen LogP contribution in [0.2, 0.25) is 0 Å². The van der Waals surface area contributed by atoms with Crippen molar-refractivity contribution in [2.24, 2.45) is 5.73 Å². The molecule has 26 heavy (non-hydrogen) atoms. The highest BCUT2D eigenvalue weighted by atomic mass is 32.2. The van der Waals surface area contributed by atoms with Crippen LogP contribution in [0.5, 0.6) is 0 Å². The van der Waals surface area contributed by atoms with Crippen molar-refractivity contribution in [3.05, 3.63) is 47.7 Å². The SMILES string of the molecule is CCS(=O)(=O)Nc1cc(-c2ccc(C3CC3N)cn2)cc(C(F)(F)F)c1. The molecule has 1 aliphatic rings. The summed E-state index contributed by atoms with van der Waals surface area (Å²) in [6.07, 6.45) is -2.14. The van der Waals surface area contributed by atoms with Gasteiger partial charge in [-0.2, -0.15) is 13.2 Å². The number of nitrogens with one attached hydrogen (secondary N) is 1. The number of nitrogens with zero attached hydrogens (tertiary/aromatic N) is 1. The van der Waals surface area contributed by atoms with Crippen molar-refractivity contribution in [1.29, 1.82) is 0 Å². The van der Waals surface area contributed by atoms with E-state index >= 15 is 0 Å². The maximum atomic E-state index is 13.2.